The molecule has 4 nitrogen and oxygen atoms in total. The van der Waals surface area contributed by atoms with Gasteiger partial charge in [-0.1, -0.05) is 6.07 Å². The SMILES string of the molecule is Cc1c(N)cc(C(=O)OCc2cccnc2)cc1F. The summed E-state index contributed by atoms with van der Waals surface area (Å²) in [6, 6.07) is 6.05. The quantitative estimate of drug-likeness (QED) is 0.680. The van der Waals surface area contributed by atoms with E-state index in [1.165, 1.54) is 6.07 Å². The van der Waals surface area contributed by atoms with Crippen LogP contribution in [0.1, 0.15) is 21.5 Å². The number of rotatable bonds is 3. The third-order valence-electron chi connectivity index (χ3n) is 2.71. The zero-order chi connectivity index (χ0) is 13.8. The monoisotopic (exact) mass is 260 g/mol. The first kappa shape index (κ1) is 13.0. The highest BCUT2D eigenvalue weighted by Gasteiger charge is 2.12. The normalized spacial score (nSPS) is 10.2. The molecule has 0 aliphatic heterocycles. The van der Waals surface area contributed by atoms with E-state index in [2.05, 4.69) is 4.98 Å². The molecule has 2 N–H and O–H groups in total. The molecule has 0 spiro atoms. The van der Waals surface area contributed by atoms with Gasteiger partial charge in [0.2, 0.25) is 0 Å². The van der Waals surface area contributed by atoms with Gasteiger partial charge in [0, 0.05) is 29.2 Å². The number of nitrogen functional groups attached to an aromatic ring is 1. The molecule has 0 atom stereocenters. The summed E-state index contributed by atoms with van der Waals surface area (Å²) in [6.07, 6.45) is 3.22. The van der Waals surface area contributed by atoms with E-state index in [0.717, 1.165) is 11.6 Å². The van der Waals surface area contributed by atoms with Crippen molar-refractivity contribution in [2.45, 2.75) is 13.5 Å². The van der Waals surface area contributed by atoms with Crippen molar-refractivity contribution in [3.05, 3.63) is 59.2 Å². The average Bonchev–Trinajstić information content (AvgIpc) is 2.42. The molecule has 0 unspecified atom stereocenters. The van der Waals surface area contributed by atoms with E-state index in [9.17, 15) is 9.18 Å². The minimum absolute atomic E-state index is 0.0854. The van der Waals surface area contributed by atoms with Gasteiger partial charge in [0.15, 0.2) is 0 Å². The largest absolute Gasteiger partial charge is 0.457 e. The summed E-state index contributed by atoms with van der Waals surface area (Å²) in [5.74, 6) is -1.14. The van der Waals surface area contributed by atoms with Gasteiger partial charge in [-0.25, -0.2) is 9.18 Å². The number of esters is 1. The molecule has 0 aliphatic rings. The van der Waals surface area contributed by atoms with Gasteiger partial charge in [0.05, 0.1) is 5.56 Å². The molecule has 1 heterocycles. The maximum absolute atomic E-state index is 13.5. The van der Waals surface area contributed by atoms with Gasteiger partial charge in [-0.05, 0) is 25.1 Å². The number of hydrogen-bond donors (Lipinski definition) is 1. The van der Waals surface area contributed by atoms with Gasteiger partial charge in [0.25, 0.3) is 0 Å². The Bertz CT molecular complexity index is 577. The number of hydrogen-bond acceptors (Lipinski definition) is 4. The predicted octanol–water partition coefficient (Wildman–Crippen LogP) is 2.47. The predicted molar refractivity (Wildman–Crippen MR) is 68.9 cm³/mol. The average molecular weight is 260 g/mol. The van der Waals surface area contributed by atoms with Crippen LogP contribution < -0.4 is 5.73 Å². The second-order valence-corrected chi connectivity index (χ2v) is 4.11. The van der Waals surface area contributed by atoms with Crippen molar-refractivity contribution in [3.63, 3.8) is 0 Å². The molecule has 2 aromatic rings. The van der Waals surface area contributed by atoms with E-state index in [1.807, 2.05) is 0 Å². The van der Waals surface area contributed by atoms with E-state index in [4.69, 9.17) is 10.5 Å². The molecule has 98 valence electrons. The lowest BCUT2D eigenvalue weighted by Crippen LogP contribution is -2.07. The van der Waals surface area contributed by atoms with Gasteiger partial charge in [0.1, 0.15) is 12.4 Å². The maximum Gasteiger partial charge on any atom is 0.338 e. The zero-order valence-electron chi connectivity index (χ0n) is 10.4. The van der Waals surface area contributed by atoms with Crippen LogP contribution in [0.3, 0.4) is 0 Å². The molecule has 0 radical (unpaired) electrons. The smallest absolute Gasteiger partial charge is 0.338 e. The minimum atomic E-state index is -0.616. The molecule has 0 aliphatic carbocycles. The Kier molecular flexibility index (Phi) is 3.75. The number of aromatic nitrogens is 1. The topological polar surface area (TPSA) is 65.2 Å². The fourth-order valence-corrected chi connectivity index (χ4v) is 1.53. The summed E-state index contributed by atoms with van der Waals surface area (Å²) in [6.45, 7) is 1.64. The summed E-state index contributed by atoms with van der Waals surface area (Å²) < 4.78 is 18.5. The number of anilines is 1. The number of nitrogens with two attached hydrogens (primary N) is 1. The lowest BCUT2D eigenvalue weighted by Gasteiger charge is -2.07. The van der Waals surface area contributed by atoms with Crippen LogP contribution in [-0.2, 0) is 11.3 Å². The molecule has 0 saturated heterocycles. The van der Waals surface area contributed by atoms with Crippen LogP contribution in [0.4, 0.5) is 10.1 Å². The molecule has 0 saturated carbocycles. The van der Waals surface area contributed by atoms with E-state index < -0.39 is 11.8 Å². The molecular weight excluding hydrogens is 247 g/mol. The van der Waals surface area contributed by atoms with Crippen molar-refractivity contribution in [2.24, 2.45) is 0 Å². The number of carbonyl (C=O) groups excluding carboxylic acids is 1. The highest BCUT2D eigenvalue weighted by Crippen LogP contribution is 2.18. The Morgan fingerprint density at radius 3 is 2.89 bits per heavy atom. The van der Waals surface area contributed by atoms with Crippen molar-refractivity contribution in [1.29, 1.82) is 0 Å². The van der Waals surface area contributed by atoms with Gasteiger partial charge >= 0.3 is 5.97 Å². The Labute approximate surface area is 110 Å². The lowest BCUT2D eigenvalue weighted by molar-refractivity contribution is 0.0472. The molecule has 2 rings (SSSR count). The van der Waals surface area contributed by atoms with Crippen LogP contribution in [0.5, 0.6) is 0 Å². The summed E-state index contributed by atoms with van der Waals surface area (Å²) in [4.78, 5) is 15.7. The van der Waals surface area contributed by atoms with Gasteiger partial charge in [-0.3, -0.25) is 4.98 Å². The second kappa shape index (κ2) is 5.48. The Balaban J connectivity index is 2.08. The third kappa shape index (κ3) is 3.07. The van der Waals surface area contributed by atoms with E-state index in [-0.39, 0.29) is 17.9 Å². The summed E-state index contributed by atoms with van der Waals surface area (Å²) >= 11 is 0. The zero-order valence-corrected chi connectivity index (χ0v) is 10.4. The summed E-state index contributed by atoms with van der Waals surface area (Å²) in [5.41, 5.74) is 7.02. The number of benzene rings is 1. The van der Waals surface area contributed by atoms with Gasteiger partial charge in [-0.15, -0.1) is 0 Å². The van der Waals surface area contributed by atoms with Crippen LogP contribution in [-0.4, -0.2) is 11.0 Å². The number of halogens is 1. The second-order valence-electron chi connectivity index (χ2n) is 4.11. The van der Waals surface area contributed by atoms with E-state index in [0.29, 0.717) is 5.56 Å². The number of carbonyl (C=O) groups is 1. The molecule has 0 bridgehead atoms. The van der Waals surface area contributed by atoms with Crippen LogP contribution >= 0.6 is 0 Å². The number of pyridine rings is 1. The number of ether oxygens (including phenoxy) is 1. The molecule has 1 aromatic heterocycles. The van der Waals surface area contributed by atoms with E-state index in [1.54, 1.807) is 31.5 Å². The summed E-state index contributed by atoms with van der Waals surface area (Å²) in [7, 11) is 0. The highest BCUT2D eigenvalue weighted by atomic mass is 19.1. The van der Waals surface area contributed by atoms with Crippen LogP contribution in [0, 0.1) is 12.7 Å². The Morgan fingerprint density at radius 1 is 1.47 bits per heavy atom. The lowest BCUT2D eigenvalue weighted by atomic mass is 10.1. The van der Waals surface area contributed by atoms with Gasteiger partial charge in [-0.2, -0.15) is 0 Å². The molecule has 0 amide bonds. The summed E-state index contributed by atoms with van der Waals surface area (Å²) in [5, 5.41) is 0. The van der Waals surface area contributed by atoms with Crippen molar-refractivity contribution in [3.8, 4) is 0 Å². The van der Waals surface area contributed by atoms with Crippen molar-refractivity contribution in [1.82, 2.24) is 4.98 Å². The first-order valence-electron chi connectivity index (χ1n) is 5.69. The first-order valence-corrected chi connectivity index (χ1v) is 5.69. The maximum atomic E-state index is 13.5. The fourth-order valence-electron chi connectivity index (χ4n) is 1.53. The third-order valence-corrected chi connectivity index (χ3v) is 2.71. The van der Waals surface area contributed by atoms with Crippen molar-refractivity contribution < 1.29 is 13.9 Å². The van der Waals surface area contributed by atoms with Crippen molar-refractivity contribution >= 4 is 11.7 Å². The highest BCUT2D eigenvalue weighted by molar-refractivity contribution is 5.90. The Hall–Kier alpha value is -2.43. The number of nitrogens with zero attached hydrogens (tertiary/aromatic N) is 1. The molecule has 1 aromatic carbocycles. The van der Waals surface area contributed by atoms with Crippen molar-refractivity contribution in [2.75, 3.05) is 5.73 Å². The van der Waals surface area contributed by atoms with E-state index >= 15 is 0 Å². The molecule has 5 heteroatoms. The van der Waals surface area contributed by atoms with Gasteiger partial charge < -0.3 is 10.5 Å². The van der Waals surface area contributed by atoms with Crippen LogP contribution in [0.25, 0.3) is 0 Å². The Morgan fingerprint density at radius 2 is 2.26 bits per heavy atom. The molecule has 0 fully saturated rings. The molecule has 19 heavy (non-hydrogen) atoms. The first-order chi connectivity index (χ1) is 9.08. The minimum Gasteiger partial charge on any atom is -0.457 e. The molecular formula is C14H13FN2O2. The fraction of sp³-hybridized carbons (Fsp3) is 0.143. The standard InChI is InChI=1S/C14H13FN2O2/c1-9-12(15)5-11(6-13(9)16)14(18)19-8-10-3-2-4-17-7-10/h2-7H,8,16H2,1H3. The van der Waals surface area contributed by atoms with Crippen LogP contribution in [0.15, 0.2) is 36.7 Å². The van der Waals surface area contributed by atoms with Crippen LogP contribution in [0.2, 0.25) is 0 Å².